The Balaban J connectivity index is 1.90. The molecular weight excluding hydrogens is 368 g/mol. The van der Waals surface area contributed by atoms with Crippen LogP contribution in [0.1, 0.15) is 73.7 Å². The zero-order valence-corrected chi connectivity index (χ0v) is 19.0. The van der Waals surface area contributed by atoms with Crippen molar-refractivity contribution in [3.05, 3.63) is 88.5 Å². The molecule has 0 saturated carbocycles. The molecule has 0 atom stereocenters. The van der Waals surface area contributed by atoms with E-state index in [1.807, 2.05) is 12.1 Å². The third kappa shape index (κ3) is 5.18. The van der Waals surface area contributed by atoms with Crippen LogP contribution in [0.15, 0.2) is 60.7 Å². The molecule has 1 aliphatic carbocycles. The van der Waals surface area contributed by atoms with Crippen LogP contribution in [-0.4, -0.2) is 13.1 Å². The summed E-state index contributed by atoms with van der Waals surface area (Å²) in [5, 5.41) is 0. The minimum Gasteiger partial charge on any atom is -0.465 e. The van der Waals surface area contributed by atoms with Crippen molar-refractivity contribution < 1.29 is 9.53 Å². The molecule has 0 amide bonds. The zero-order valence-electron chi connectivity index (χ0n) is 19.0. The first kappa shape index (κ1) is 21.8. The third-order valence-electron chi connectivity index (χ3n) is 5.48. The van der Waals surface area contributed by atoms with Crippen molar-refractivity contribution in [2.45, 2.75) is 46.5 Å². The maximum absolute atomic E-state index is 11.6. The molecule has 30 heavy (non-hydrogen) atoms. The van der Waals surface area contributed by atoms with Gasteiger partial charge in [0.05, 0.1) is 12.7 Å². The number of hydrogen-bond acceptors (Lipinski definition) is 2. The van der Waals surface area contributed by atoms with E-state index in [0.29, 0.717) is 5.56 Å². The van der Waals surface area contributed by atoms with Crippen LogP contribution < -0.4 is 0 Å². The maximum atomic E-state index is 11.6. The molecule has 0 fully saturated rings. The molecule has 0 spiro atoms. The van der Waals surface area contributed by atoms with Gasteiger partial charge in [0.15, 0.2) is 0 Å². The number of rotatable bonds is 4. The summed E-state index contributed by atoms with van der Waals surface area (Å²) in [7, 11) is 1.40. The highest BCUT2D eigenvalue weighted by molar-refractivity contribution is 5.89. The van der Waals surface area contributed by atoms with E-state index in [1.54, 1.807) is 12.1 Å². The van der Waals surface area contributed by atoms with Crippen molar-refractivity contribution in [2.24, 2.45) is 5.41 Å². The molecule has 2 heteroatoms. The minimum atomic E-state index is -0.314. The minimum absolute atomic E-state index is 0.139. The van der Waals surface area contributed by atoms with Gasteiger partial charge >= 0.3 is 5.97 Å². The number of fused-ring (bicyclic) bond motifs is 1. The monoisotopic (exact) mass is 400 g/mol. The average Bonchev–Trinajstić information content (AvgIpc) is 2.70. The Labute approximate surface area is 181 Å². The van der Waals surface area contributed by atoms with E-state index in [4.69, 9.17) is 4.74 Å². The van der Waals surface area contributed by atoms with Gasteiger partial charge in [-0.2, -0.15) is 0 Å². The number of hydrogen-bond donors (Lipinski definition) is 0. The van der Waals surface area contributed by atoms with Gasteiger partial charge in [-0.3, -0.25) is 0 Å². The Morgan fingerprint density at radius 1 is 0.967 bits per heavy atom. The van der Waals surface area contributed by atoms with Crippen LogP contribution in [-0.2, 0) is 10.2 Å². The number of carbonyl (C=O) groups excluding carboxylic acids is 1. The van der Waals surface area contributed by atoms with Crippen molar-refractivity contribution in [1.82, 2.24) is 0 Å². The molecule has 0 radical (unpaired) electrons. The Morgan fingerprint density at radius 2 is 1.60 bits per heavy atom. The van der Waals surface area contributed by atoms with E-state index >= 15 is 0 Å². The first-order valence-corrected chi connectivity index (χ1v) is 10.5. The molecule has 2 aromatic rings. The molecule has 1 aliphatic rings. The zero-order chi connectivity index (χ0) is 21.9. The van der Waals surface area contributed by atoms with Crippen LogP contribution in [0.25, 0.3) is 17.7 Å². The molecule has 0 aromatic heterocycles. The molecular formula is C28H32O2. The molecule has 2 nitrogen and oxygen atoms in total. The summed E-state index contributed by atoms with van der Waals surface area (Å²) < 4.78 is 4.76. The molecule has 0 heterocycles. The molecule has 156 valence electrons. The van der Waals surface area contributed by atoms with E-state index in [1.165, 1.54) is 29.4 Å². The van der Waals surface area contributed by atoms with E-state index in [-0.39, 0.29) is 16.8 Å². The van der Waals surface area contributed by atoms with Crippen molar-refractivity contribution in [1.29, 1.82) is 0 Å². The van der Waals surface area contributed by atoms with Gasteiger partial charge in [-0.1, -0.05) is 89.3 Å². The van der Waals surface area contributed by atoms with E-state index in [0.717, 1.165) is 12.0 Å². The Kier molecular flexibility index (Phi) is 6.17. The van der Waals surface area contributed by atoms with E-state index < -0.39 is 0 Å². The highest BCUT2D eigenvalue weighted by atomic mass is 16.5. The van der Waals surface area contributed by atoms with Crippen LogP contribution in [0.4, 0.5) is 0 Å². The highest BCUT2D eigenvalue weighted by Gasteiger charge is 2.27. The molecule has 0 N–H and O–H groups in total. The third-order valence-corrected chi connectivity index (χ3v) is 5.48. The topological polar surface area (TPSA) is 26.3 Å². The number of ether oxygens (including phenoxy) is 1. The summed E-state index contributed by atoms with van der Waals surface area (Å²) in [5.41, 5.74) is 7.08. The fourth-order valence-corrected chi connectivity index (χ4v) is 3.62. The molecule has 0 unspecified atom stereocenters. The van der Waals surface area contributed by atoms with Gasteiger partial charge in [-0.15, -0.1) is 0 Å². The normalized spacial score (nSPS) is 15.9. The predicted molar refractivity (Wildman–Crippen MR) is 127 cm³/mol. The van der Waals surface area contributed by atoms with Gasteiger partial charge in [0.25, 0.3) is 0 Å². The number of benzene rings is 2. The summed E-state index contributed by atoms with van der Waals surface area (Å²) in [6.07, 6.45) is 12.2. The lowest BCUT2D eigenvalue weighted by Gasteiger charge is -2.32. The number of allylic oxidation sites excluding steroid dienone is 4. The summed E-state index contributed by atoms with van der Waals surface area (Å²) in [6, 6.07) is 14.2. The summed E-state index contributed by atoms with van der Waals surface area (Å²) in [5.74, 6) is -0.314. The lowest BCUT2D eigenvalue weighted by molar-refractivity contribution is 0.0600. The highest BCUT2D eigenvalue weighted by Crippen LogP contribution is 2.40. The number of esters is 1. The second-order valence-corrected chi connectivity index (χ2v) is 9.70. The Hall–Kier alpha value is -2.87. The van der Waals surface area contributed by atoms with Crippen LogP contribution in [0.3, 0.4) is 0 Å². The molecule has 0 aliphatic heterocycles. The van der Waals surface area contributed by atoms with Gasteiger partial charge in [0.2, 0.25) is 0 Å². The number of methoxy groups -OCH3 is 1. The maximum Gasteiger partial charge on any atom is 0.337 e. The largest absolute Gasteiger partial charge is 0.465 e. The van der Waals surface area contributed by atoms with Gasteiger partial charge in [-0.25, -0.2) is 4.79 Å². The standard InChI is InChI=1S/C28H32O2/c1-27(2,3)17-15-22-16-18-28(4,5)25-14-11-21(19-24(22)25)8-7-20-9-12-23(13-10-20)26(29)30-6/h7-17,19H,18H2,1-6H3/b8-7+,17-15-. The molecule has 0 saturated heterocycles. The molecule has 3 rings (SSSR count). The number of carbonyl (C=O) groups is 1. The summed E-state index contributed by atoms with van der Waals surface area (Å²) >= 11 is 0. The predicted octanol–water partition coefficient (Wildman–Crippen LogP) is 7.31. The van der Waals surface area contributed by atoms with Crippen LogP contribution >= 0.6 is 0 Å². The summed E-state index contributed by atoms with van der Waals surface area (Å²) in [4.78, 5) is 11.6. The van der Waals surface area contributed by atoms with Crippen molar-refractivity contribution in [3.8, 4) is 0 Å². The van der Waals surface area contributed by atoms with Crippen molar-refractivity contribution >= 4 is 23.7 Å². The van der Waals surface area contributed by atoms with E-state index in [9.17, 15) is 4.79 Å². The summed E-state index contributed by atoms with van der Waals surface area (Å²) in [6.45, 7) is 11.3. The fraction of sp³-hybridized carbons (Fsp3) is 0.321. The SMILES string of the molecule is COC(=O)c1ccc(/C=C/c2ccc3c(c2)C(/C=C\C(C)(C)C)=CCC3(C)C)cc1. The smallest absolute Gasteiger partial charge is 0.337 e. The van der Waals surface area contributed by atoms with Crippen LogP contribution in [0.5, 0.6) is 0 Å². The molecule has 2 aromatic carbocycles. The quantitative estimate of drug-likeness (QED) is 0.397. The van der Waals surface area contributed by atoms with Crippen molar-refractivity contribution in [2.75, 3.05) is 7.11 Å². The van der Waals surface area contributed by atoms with Gasteiger partial charge < -0.3 is 4.74 Å². The van der Waals surface area contributed by atoms with Crippen molar-refractivity contribution in [3.63, 3.8) is 0 Å². The Bertz CT molecular complexity index is 1010. The van der Waals surface area contributed by atoms with Gasteiger partial charge in [-0.05, 0) is 63.3 Å². The van der Waals surface area contributed by atoms with E-state index in [2.05, 4.69) is 83.2 Å². The lowest BCUT2D eigenvalue weighted by atomic mass is 9.72. The Morgan fingerprint density at radius 3 is 2.23 bits per heavy atom. The van der Waals surface area contributed by atoms with Crippen LogP contribution in [0.2, 0.25) is 0 Å². The van der Waals surface area contributed by atoms with Gasteiger partial charge in [0.1, 0.15) is 0 Å². The lowest BCUT2D eigenvalue weighted by Crippen LogP contribution is -2.21. The first-order valence-electron chi connectivity index (χ1n) is 10.5. The average molecular weight is 401 g/mol. The second kappa shape index (κ2) is 8.47. The second-order valence-electron chi connectivity index (χ2n) is 9.70. The van der Waals surface area contributed by atoms with Gasteiger partial charge in [0, 0.05) is 0 Å². The van der Waals surface area contributed by atoms with Crippen LogP contribution in [0, 0.1) is 5.41 Å². The molecule has 0 bridgehead atoms. The fourth-order valence-electron chi connectivity index (χ4n) is 3.62. The first-order chi connectivity index (χ1) is 14.1.